The van der Waals surface area contributed by atoms with Crippen LogP contribution in [0.4, 0.5) is 10.1 Å². The Kier molecular flexibility index (Phi) is 5.54. The van der Waals surface area contributed by atoms with E-state index >= 15 is 0 Å². The maximum Gasteiger partial charge on any atom is 0.320 e. The highest BCUT2D eigenvalue weighted by Crippen LogP contribution is 2.20. The number of benzene rings is 1. The first-order valence-corrected chi connectivity index (χ1v) is 7.60. The molecule has 1 heterocycles. The molecule has 1 aromatic rings. The molecule has 126 valence electrons. The first-order chi connectivity index (χ1) is 10.9. The van der Waals surface area contributed by atoms with Gasteiger partial charge in [-0.05, 0) is 26.1 Å². The summed E-state index contributed by atoms with van der Waals surface area (Å²) < 4.78 is 13.8. The van der Waals surface area contributed by atoms with Gasteiger partial charge in [-0.1, -0.05) is 12.1 Å². The van der Waals surface area contributed by atoms with Crippen molar-refractivity contribution >= 4 is 17.6 Å². The molecule has 6 nitrogen and oxygen atoms in total. The van der Waals surface area contributed by atoms with Crippen LogP contribution in [0.15, 0.2) is 24.3 Å². The minimum Gasteiger partial charge on any atom is -0.480 e. The first kappa shape index (κ1) is 17.2. The quantitative estimate of drug-likeness (QED) is 0.871. The Balaban J connectivity index is 1.88. The molecule has 1 amide bonds. The van der Waals surface area contributed by atoms with Crippen molar-refractivity contribution in [2.24, 2.45) is 0 Å². The molecule has 0 saturated carbocycles. The van der Waals surface area contributed by atoms with E-state index in [1.54, 1.807) is 37.1 Å². The van der Waals surface area contributed by atoms with Crippen LogP contribution < -0.4 is 4.90 Å². The van der Waals surface area contributed by atoms with Crippen molar-refractivity contribution in [1.29, 1.82) is 0 Å². The van der Waals surface area contributed by atoms with Gasteiger partial charge < -0.3 is 14.9 Å². The zero-order valence-corrected chi connectivity index (χ0v) is 13.4. The second kappa shape index (κ2) is 7.41. The van der Waals surface area contributed by atoms with Crippen LogP contribution in [-0.4, -0.2) is 72.6 Å². The van der Waals surface area contributed by atoms with Crippen LogP contribution in [0, 0.1) is 5.82 Å². The number of carboxylic acid groups (broad SMARTS) is 1. The van der Waals surface area contributed by atoms with E-state index in [1.807, 2.05) is 4.90 Å². The number of rotatable bonds is 5. The molecule has 1 atom stereocenters. The van der Waals surface area contributed by atoms with Crippen molar-refractivity contribution in [2.45, 2.75) is 13.0 Å². The van der Waals surface area contributed by atoms with Crippen molar-refractivity contribution < 1.29 is 19.1 Å². The van der Waals surface area contributed by atoms with Gasteiger partial charge in [0, 0.05) is 26.2 Å². The van der Waals surface area contributed by atoms with Gasteiger partial charge in [-0.3, -0.25) is 14.5 Å². The van der Waals surface area contributed by atoms with Crippen LogP contribution in [0.25, 0.3) is 0 Å². The lowest BCUT2D eigenvalue weighted by atomic mass is 10.2. The van der Waals surface area contributed by atoms with Gasteiger partial charge >= 0.3 is 5.97 Å². The summed E-state index contributed by atoms with van der Waals surface area (Å²) in [5.74, 6) is -1.32. The van der Waals surface area contributed by atoms with Crippen LogP contribution in [0.1, 0.15) is 6.92 Å². The van der Waals surface area contributed by atoms with E-state index in [4.69, 9.17) is 5.11 Å². The monoisotopic (exact) mass is 323 g/mol. The molecule has 1 aliphatic rings. The largest absolute Gasteiger partial charge is 0.480 e. The molecule has 7 heteroatoms. The molecular weight excluding hydrogens is 301 g/mol. The molecular formula is C16H22FN3O3. The van der Waals surface area contributed by atoms with Crippen LogP contribution in [-0.2, 0) is 9.59 Å². The zero-order chi connectivity index (χ0) is 17.0. The molecule has 1 unspecified atom stereocenters. The molecule has 0 spiro atoms. The normalized spacial score (nSPS) is 16.5. The number of piperazine rings is 1. The summed E-state index contributed by atoms with van der Waals surface area (Å²) in [6.45, 7) is 3.74. The fourth-order valence-corrected chi connectivity index (χ4v) is 2.54. The highest BCUT2D eigenvalue weighted by Gasteiger charge is 2.25. The Morgan fingerprint density at radius 3 is 2.43 bits per heavy atom. The first-order valence-electron chi connectivity index (χ1n) is 7.60. The van der Waals surface area contributed by atoms with Crippen molar-refractivity contribution in [3.63, 3.8) is 0 Å². The SMILES string of the molecule is CC(C(=O)O)N(C)CC(=O)N1CCN(c2ccccc2F)CC1. The average molecular weight is 323 g/mol. The molecule has 0 bridgehead atoms. The molecule has 1 fully saturated rings. The number of carbonyl (C=O) groups excluding carboxylic acids is 1. The van der Waals surface area contributed by atoms with Gasteiger partial charge in [0.2, 0.25) is 5.91 Å². The summed E-state index contributed by atoms with van der Waals surface area (Å²) in [6.07, 6.45) is 0. The molecule has 2 rings (SSSR count). The van der Waals surface area contributed by atoms with E-state index in [1.165, 1.54) is 11.0 Å². The zero-order valence-electron chi connectivity index (χ0n) is 13.4. The second-order valence-electron chi connectivity index (χ2n) is 5.75. The maximum atomic E-state index is 13.8. The molecule has 1 saturated heterocycles. The molecule has 0 radical (unpaired) electrons. The van der Waals surface area contributed by atoms with Gasteiger partial charge in [0.15, 0.2) is 0 Å². The smallest absolute Gasteiger partial charge is 0.320 e. The Bertz CT molecular complexity index is 573. The minimum atomic E-state index is -0.954. The number of aliphatic carboxylic acids is 1. The van der Waals surface area contributed by atoms with E-state index < -0.39 is 12.0 Å². The molecule has 1 N–H and O–H groups in total. The number of amides is 1. The third kappa shape index (κ3) is 4.19. The lowest BCUT2D eigenvalue weighted by Gasteiger charge is -2.37. The number of carboxylic acids is 1. The van der Waals surface area contributed by atoms with Gasteiger partial charge in [0.05, 0.1) is 12.2 Å². The Hall–Kier alpha value is -2.15. The number of likely N-dealkylation sites (N-methyl/N-ethyl adjacent to an activating group) is 1. The summed E-state index contributed by atoms with van der Waals surface area (Å²) in [5, 5.41) is 8.95. The standard InChI is InChI=1S/C16H22FN3O3/c1-12(16(22)23)18(2)11-15(21)20-9-7-19(8-10-20)14-6-4-3-5-13(14)17/h3-6,12H,7-11H2,1-2H3,(H,22,23). The predicted molar refractivity (Wildman–Crippen MR) is 84.9 cm³/mol. The van der Waals surface area contributed by atoms with E-state index in [-0.39, 0.29) is 18.3 Å². The number of hydrogen-bond donors (Lipinski definition) is 1. The lowest BCUT2D eigenvalue weighted by molar-refractivity contribution is -0.143. The van der Waals surface area contributed by atoms with Crippen molar-refractivity contribution in [1.82, 2.24) is 9.80 Å². The van der Waals surface area contributed by atoms with Gasteiger partial charge in [-0.15, -0.1) is 0 Å². The summed E-state index contributed by atoms with van der Waals surface area (Å²) in [7, 11) is 1.62. The van der Waals surface area contributed by atoms with Gasteiger partial charge in [-0.2, -0.15) is 0 Å². The number of anilines is 1. The highest BCUT2D eigenvalue weighted by atomic mass is 19.1. The molecule has 0 aliphatic carbocycles. The maximum absolute atomic E-state index is 13.8. The average Bonchev–Trinajstić information content (AvgIpc) is 2.54. The number of para-hydroxylation sites is 1. The fourth-order valence-electron chi connectivity index (χ4n) is 2.54. The second-order valence-corrected chi connectivity index (χ2v) is 5.75. The van der Waals surface area contributed by atoms with Crippen molar-refractivity contribution in [3.8, 4) is 0 Å². The van der Waals surface area contributed by atoms with Crippen molar-refractivity contribution in [2.75, 3.05) is 44.7 Å². The Morgan fingerprint density at radius 2 is 1.87 bits per heavy atom. The molecule has 1 aliphatic heterocycles. The van der Waals surface area contributed by atoms with Crippen LogP contribution >= 0.6 is 0 Å². The van der Waals surface area contributed by atoms with Crippen LogP contribution in [0.3, 0.4) is 0 Å². The Morgan fingerprint density at radius 1 is 1.26 bits per heavy atom. The Labute approximate surface area is 135 Å². The summed E-state index contributed by atoms with van der Waals surface area (Å²) >= 11 is 0. The molecule has 1 aromatic carbocycles. The van der Waals surface area contributed by atoms with Crippen LogP contribution in [0.5, 0.6) is 0 Å². The van der Waals surface area contributed by atoms with Gasteiger partial charge in [-0.25, -0.2) is 4.39 Å². The third-order valence-corrected chi connectivity index (χ3v) is 4.23. The molecule has 0 aromatic heterocycles. The van der Waals surface area contributed by atoms with E-state index in [0.717, 1.165) is 0 Å². The summed E-state index contributed by atoms with van der Waals surface area (Å²) in [4.78, 5) is 28.3. The van der Waals surface area contributed by atoms with E-state index in [0.29, 0.717) is 31.9 Å². The minimum absolute atomic E-state index is 0.0627. The molecule has 23 heavy (non-hydrogen) atoms. The number of hydrogen-bond acceptors (Lipinski definition) is 4. The highest BCUT2D eigenvalue weighted by molar-refractivity contribution is 5.80. The van der Waals surface area contributed by atoms with Crippen LogP contribution in [0.2, 0.25) is 0 Å². The number of carbonyl (C=O) groups is 2. The summed E-state index contributed by atoms with van der Waals surface area (Å²) in [5.41, 5.74) is 0.552. The lowest BCUT2D eigenvalue weighted by Crippen LogP contribution is -2.52. The topological polar surface area (TPSA) is 64.1 Å². The fraction of sp³-hybridized carbons (Fsp3) is 0.500. The van der Waals surface area contributed by atoms with Crippen molar-refractivity contribution in [3.05, 3.63) is 30.1 Å². The third-order valence-electron chi connectivity index (χ3n) is 4.23. The number of nitrogens with zero attached hydrogens (tertiary/aromatic N) is 3. The van der Waals surface area contributed by atoms with E-state index in [2.05, 4.69) is 0 Å². The number of halogens is 1. The van der Waals surface area contributed by atoms with Gasteiger partial charge in [0.25, 0.3) is 0 Å². The predicted octanol–water partition coefficient (Wildman–Crippen LogP) is 0.879. The van der Waals surface area contributed by atoms with E-state index in [9.17, 15) is 14.0 Å². The van der Waals surface area contributed by atoms with Gasteiger partial charge in [0.1, 0.15) is 11.9 Å². The summed E-state index contributed by atoms with van der Waals surface area (Å²) in [6, 6.07) is 5.89.